The summed E-state index contributed by atoms with van der Waals surface area (Å²) in [6.07, 6.45) is 4.03. The fraction of sp³-hybridized carbons (Fsp3) is 0.450. The van der Waals surface area contributed by atoms with Crippen molar-refractivity contribution < 1.29 is 21.9 Å². The highest BCUT2D eigenvalue weighted by Gasteiger charge is 2.22. The van der Waals surface area contributed by atoms with Crippen LogP contribution in [0.3, 0.4) is 0 Å². The largest absolute Gasteiger partial charge is 0.492 e. The van der Waals surface area contributed by atoms with E-state index in [0.29, 0.717) is 19.1 Å². The van der Waals surface area contributed by atoms with Crippen LogP contribution in [-0.2, 0) is 22.8 Å². The molecule has 1 aliphatic heterocycles. The number of benzene rings is 1. The van der Waals surface area contributed by atoms with E-state index in [1.165, 1.54) is 18.2 Å². The van der Waals surface area contributed by atoms with E-state index in [9.17, 15) is 17.2 Å². The molecule has 2 aromatic rings. The molecule has 0 aliphatic carbocycles. The molecule has 1 fully saturated rings. The lowest BCUT2D eigenvalue weighted by Crippen LogP contribution is -2.35. The molecule has 0 atom stereocenters. The quantitative estimate of drug-likeness (QED) is 0.648. The molecule has 0 spiro atoms. The van der Waals surface area contributed by atoms with Crippen molar-refractivity contribution in [1.29, 1.82) is 0 Å². The second-order valence-electron chi connectivity index (χ2n) is 7.26. The van der Waals surface area contributed by atoms with Crippen LogP contribution in [0.2, 0.25) is 0 Å². The maximum atomic E-state index is 12.5. The molecule has 2 heterocycles. The zero-order valence-corrected chi connectivity index (χ0v) is 17.0. The van der Waals surface area contributed by atoms with Crippen molar-refractivity contribution in [2.45, 2.75) is 30.7 Å². The van der Waals surface area contributed by atoms with Gasteiger partial charge in [-0.2, -0.15) is 8.78 Å². The van der Waals surface area contributed by atoms with E-state index < -0.39 is 22.7 Å². The Morgan fingerprint density at radius 2 is 1.90 bits per heavy atom. The van der Waals surface area contributed by atoms with Crippen LogP contribution in [0.15, 0.2) is 41.6 Å². The SMILES string of the molecule is CS(=O)(=O)c1cc(C[C](F)F)ccc1OCC1CCN(Cc2ncccn2)CC1. The van der Waals surface area contributed by atoms with Gasteiger partial charge in [0.15, 0.2) is 9.84 Å². The maximum absolute atomic E-state index is 12.5. The van der Waals surface area contributed by atoms with Crippen molar-refractivity contribution in [3.63, 3.8) is 0 Å². The maximum Gasteiger partial charge on any atom is 0.314 e. The minimum atomic E-state index is -3.59. The Kier molecular flexibility index (Phi) is 7.13. The van der Waals surface area contributed by atoms with E-state index in [1.807, 2.05) is 0 Å². The highest BCUT2D eigenvalue weighted by molar-refractivity contribution is 7.90. The lowest BCUT2D eigenvalue weighted by molar-refractivity contribution is 0.133. The molecule has 0 saturated carbocycles. The molecule has 1 radical (unpaired) electrons. The van der Waals surface area contributed by atoms with Crippen LogP contribution in [0.5, 0.6) is 5.75 Å². The Balaban J connectivity index is 1.56. The number of halogens is 2. The zero-order valence-electron chi connectivity index (χ0n) is 16.2. The summed E-state index contributed by atoms with van der Waals surface area (Å²) in [6.45, 7) is 2.86. The highest BCUT2D eigenvalue weighted by atomic mass is 32.2. The lowest BCUT2D eigenvalue weighted by atomic mass is 9.98. The number of hydrogen-bond donors (Lipinski definition) is 0. The summed E-state index contributed by atoms with van der Waals surface area (Å²) < 4.78 is 55.0. The third-order valence-corrected chi connectivity index (χ3v) is 6.03. The monoisotopic (exact) mass is 424 g/mol. The number of piperidine rings is 1. The third kappa shape index (κ3) is 6.43. The van der Waals surface area contributed by atoms with Crippen LogP contribution in [-0.4, -0.2) is 49.2 Å². The lowest BCUT2D eigenvalue weighted by Gasteiger charge is -2.31. The van der Waals surface area contributed by atoms with Crippen molar-refractivity contribution >= 4 is 9.84 Å². The number of rotatable bonds is 8. The Hall–Kier alpha value is -2.13. The standard InChI is InChI=1S/C20H24F2N3O3S/c1-29(26,27)18-11-16(12-19(21)22)3-4-17(18)28-14-15-5-9-25(10-6-15)13-20-23-7-2-8-24-20/h2-4,7-8,11,15H,5-6,9-10,12-14H2,1H3. The van der Waals surface area contributed by atoms with E-state index in [4.69, 9.17) is 4.74 Å². The summed E-state index contributed by atoms with van der Waals surface area (Å²) >= 11 is 0. The molecule has 1 aromatic heterocycles. The van der Waals surface area contributed by atoms with Crippen molar-refractivity contribution in [3.8, 4) is 5.75 Å². The predicted molar refractivity (Wildman–Crippen MR) is 104 cm³/mol. The second kappa shape index (κ2) is 9.58. The molecule has 0 bridgehead atoms. The number of ether oxygens (including phenoxy) is 1. The second-order valence-corrected chi connectivity index (χ2v) is 9.25. The van der Waals surface area contributed by atoms with Crippen LogP contribution in [0, 0.1) is 12.3 Å². The summed E-state index contributed by atoms with van der Waals surface area (Å²) in [5.41, 5.74) is 0.245. The molecule has 1 aromatic carbocycles. The van der Waals surface area contributed by atoms with Gasteiger partial charge in [0, 0.05) is 25.1 Å². The van der Waals surface area contributed by atoms with Gasteiger partial charge in [-0.05, 0) is 55.6 Å². The summed E-state index contributed by atoms with van der Waals surface area (Å²) in [5, 5.41) is 0. The van der Waals surface area contributed by atoms with Crippen LogP contribution in [0.4, 0.5) is 8.78 Å². The van der Waals surface area contributed by atoms with Gasteiger partial charge in [-0.15, -0.1) is 0 Å². The summed E-state index contributed by atoms with van der Waals surface area (Å²) in [7, 11) is -3.59. The fourth-order valence-electron chi connectivity index (χ4n) is 3.36. The Bertz CT molecular complexity index is 902. The number of hydrogen-bond acceptors (Lipinski definition) is 6. The van der Waals surface area contributed by atoms with Crippen LogP contribution < -0.4 is 4.74 Å². The molecule has 0 N–H and O–H groups in total. The van der Waals surface area contributed by atoms with E-state index in [2.05, 4.69) is 14.9 Å². The molecule has 1 saturated heterocycles. The van der Waals surface area contributed by atoms with E-state index in [-0.39, 0.29) is 16.2 Å². The highest BCUT2D eigenvalue weighted by Crippen LogP contribution is 2.28. The van der Waals surface area contributed by atoms with Crippen molar-refractivity contribution in [1.82, 2.24) is 14.9 Å². The molecule has 6 nitrogen and oxygen atoms in total. The molecule has 29 heavy (non-hydrogen) atoms. The Morgan fingerprint density at radius 1 is 1.21 bits per heavy atom. The van der Waals surface area contributed by atoms with Crippen LogP contribution >= 0.6 is 0 Å². The van der Waals surface area contributed by atoms with Gasteiger partial charge in [0.25, 0.3) is 0 Å². The van der Waals surface area contributed by atoms with Gasteiger partial charge in [0.05, 0.1) is 13.2 Å². The van der Waals surface area contributed by atoms with Crippen LogP contribution in [0.1, 0.15) is 24.2 Å². The van der Waals surface area contributed by atoms with Gasteiger partial charge in [-0.25, -0.2) is 18.4 Å². The first-order chi connectivity index (χ1) is 13.8. The number of likely N-dealkylation sites (tertiary alicyclic amines) is 1. The van der Waals surface area contributed by atoms with E-state index in [1.54, 1.807) is 18.5 Å². The van der Waals surface area contributed by atoms with Gasteiger partial charge in [0.1, 0.15) is 16.5 Å². The zero-order chi connectivity index (χ0) is 20.9. The van der Waals surface area contributed by atoms with E-state index >= 15 is 0 Å². The molecule has 0 unspecified atom stereocenters. The van der Waals surface area contributed by atoms with Gasteiger partial charge >= 0.3 is 6.43 Å². The molecule has 157 valence electrons. The first kappa shape index (κ1) is 21.6. The summed E-state index contributed by atoms with van der Waals surface area (Å²) in [5.74, 6) is 1.31. The summed E-state index contributed by atoms with van der Waals surface area (Å²) in [4.78, 5) is 10.7. The molecular formula is C20H24F2N3O3S. The molecule has 9 heteroatoms. The average molecular weight is 424 g/mol. The fourth-order valence-corrected chi connectivity index (χ4v) is 4.21. The topological polar surface area (TPSA) is 72.4 Å². The predicted octanol–water partition coefficient (Wildman–Crippen LogP) is 3.14. The molecule has 3 rings (SSSR count). The average Bonchev–Trinajstić information content (AvgIpc) is 2.68. The summed E-state index contributed by atoms with van der Waals surface area (Å²) in [6, 6.07) is 6.01. The first-order valence-electron chi connectivity index (χ1n) is 9.42. The smallest absolute Gasteiger partial charge is 0.314 e. The number of sulfone groups is 1. The first-order valence-corrected chi connectivity index (χ1v) is 11.3. The van der Waals surface area contributed by atoms with E-state index in [0.717, 1.165) is 38.0 Å². The van der Waals surface area contributed by atoms with Crippen molar-refractivity contribution in [2.75, 3.05) is 26.0 Å². The number of aromatic nitrogens is 2. The molecular weight excluding hydrogens is 400 g/mol. The normalized spacial score (nSPS) is 16.3. The Morgan fingerprint density at radius 3 is 2.52 bits per heavy atom. The van der Waals surface area contributed by atoms with Crippen molar-refractivity contribution in [2.24, 2.45) is 5.92 Å². The van der Waals surface area contributed by atoms with Crippen molar-refractivity contribution in [3.05, 3.63) is 54.5 Å². The Labute approximate surface area is 169 Å². The third-order valence-electron chi connectivity index (χ3n) is 4.91. The van der Waals surface area contributed by atoms with Gasteiger partial charge in [-0.3, -0.25) is 4.90 Å². The minimum Gasteiger partial charge on any atom is -0.492 e. The van der Waals surface area contributed by atoms with Gasteiger partial charge in [0.2, 0.25) is 0 Å². The minimum absolute atomic E-state index is 0.0464. The van der Waals surface area contributed by atoms with Gasteiger partial charge in [-0.1, -0.05) is 6.07 Å². The number of nitrogens with zero attached hydrogens (tertiary/aromatic N) is 3. The molecule has 0 amide bonds. The van der Waals surface area contributed by atoms with Crippen LogP contribution in [0.25, 0.3) is 0 Å². The van der Waals surface area contributed by atoms with Gasteiger partial charge < -0.3 is 4.74 Å². The molecule has 1 aliphatic rings.